The van der Waals surface area contributed by atoms with E-state index in [0.717, 1.165) is 6.42 Å². The van der Waals surface area contributed by atoms with E-state index in [1.54, 1.807) is 0 Å². The summed E-state index contributed by atoms with van der Waals surface area (Å²) in [7, 11) is 0. The second-order valence-corrected chi connectivity index (χ2v) is 10.9. The van der Waals surface area contributed by atoms with Crippen LogP contribution < -0.4 is 0 Å². The van der Waals surface area contributed by atoms with Crippen LogP contribution in [0.5, 0.6) is 0 Å². The van der Waals surface area contributed by atoms with E-state index < -0.39 is 0 Å². The average molecular weight is 403 g/mol. The Labute approximate surface area is 186 Å². The smallest absolute Gasteiger partial charge is 0.0144 e. The van der Waals surface area contributed by atoms with Gasteiger partial charge in [0.2, 0.25) is 0 Å². The lowest BCUT2D eigenvalue weighted by Crippen LogP contribution is -2.65. The number of terminal acetylenes is 1. The van der Waals surface area contributed by atoms with Gasteiger partial charge in [-0.3, -0.25) is 0 Å². The summed E-state index contributed by atoms with van der Waals surface area (Å²) in [5.74, 6) is 3.13. The maximum absolute atomic E-state index is 6.05. The minimum absolute atomic E-state index is 0.193. The fourth-order valence-corrected chi connectivity index (χ4v) is 8.54. The molecule has 0 amide bonds. The predicted octanol–water partition coefficient (Wildman–Crippen LogP) is 7.19. The number of hydrogen-bond donors (Lipinski definition) is 0. The molecule has 0 atom stereocenters. The third-order valence-corrected chi connectivity index (χ3v) is 8.81. The molecule has 0 N–H and O–H groups in total. The summed E-state index contributed by atoms with van der Waals surface area (Å²) >= 11 is 0. The van der Waals surface area contributed by atoms with E-state index in [9.17, 15) is 0 Å². The Bertz CT molecular complexity index is 976. The van der Waals surface area contributed by atoms with Crippen molar-refractivity contribution >= 4 is 0 Å². The van der Waals surface area contributed by atoms with Crippen molar-refractivity contribution in [3.8, 4) is 12.3 Å². The van der Waals surface area contributed by atoms with Crippen LogP contribution in [0.2, 0.25) is 0 Å². The summed E-state index contributed by atoms with van der Waals surface area (Å²) in [6.07, 6.45) is 14.4. The molecule has 4 fully saturated rings. The second-order valence-electron chi connectivity index (χ2n) is 10.9. The van der Waals surface area contributed by atoms with Gasteiger partial charge in [0.1, 0.15) is 0 Å². The third-order valence-electron chi connectivity index (χ3n) is 8.81. The monoisotopic (exact) mass is 402 g/mol. The van der Waals surface area contributed by atoms with Crippen LogP contribution in [-0.2, 0) is 16.2 Å². The Balaban J connectivity index is 1.62. The lowest BCUT2D eigenvalue weighted by molar-refractivity contribution is -0.105. The van der Waals surface area contributed by atoms with E-state index in [2.05, 4.69) is 96.9 Å². The van der Waals surface area contributed by atoms with E-state index in [1.807, 2.05) is 0 Å². The number of benzene rings is 3. The van der Waals surface area contributed by atoms with Crippen molar-refractivity contribution in [2.45, 2.75) is 61.2 Å². The number of rotatable bonds is 4. The Morgan fingerprint density at radius 2 is 0.839 bits per heavy atom. The van der Waals surface area contributed by atoms with E-state index >= 15 is 0 Å². The van der Waals surface area contributed by atoms with Crippen LogP contribution in [0.4, 0.5) is 0 Å². The molecule has 154 valence electrons. The zero-order valence-electron chi connectivity index (χ0n) is 18.2. The van der Waals surface area contributed by atoms with Gasteiger partial charge in [0.15, 0.2) is 0 Å². The van der Waals surface area contributed by atoms with Gasteiger partial charge in [-0.1, -0.05) is 91.0 Å². The van der Waals surface area contributed by atoms with Crippen molar-refractivity contribution in [2.24, 2.45) is 5.41 Å². The van der Waals surface area contributed by atoms with Gasteiger partial charge in [0.25, 0.3) is 0 Å². The van der Waals surface area contributed by atoms with Crippen LogP contribution >= 0.6 is 0 Å². The summed E-state index contributed by atoms with van der Waals surface area (Å²) in [5.41, 5.74) is 5.36. The Morgan fingerprint density at radius 3 is 1.13 bits per heavy atom. The standard InChI is InChI=1S/C31H30/c1-2-18-28-19-29(25-12-6-3-7-13-25)22-30(20-28,26-14-8-4-9-15-26)24-31(21-28,23-29)27-16-10-5-11-17-27/h1,3-17H,18-24H2. The van der Waals surface area contributed by atoms with Gasteiger partial charge in [-0.05, 0) is 76.9 Å². The minimum atomic E-state index is 0.193. The molecule has 7 rings (SSSR count). The van der Waals surface area contributed by atoms with Crippen LogP contribution in [0.1, 0.15) is 61.6 Å². The van der Waals surface area contributed by atoms with Crippen molar-refractivity contribution in [3.05, 3.63) is 108 Å². The molecule has 0 nitrogen and oxygen atoms in total. The van der Waals surface area contributed by atoms with Gasteiger partial charge in [-0.2, -0.15) is 0 Å². The van der Waals surface area contributed by atoms with Crippen LogP contribution in [0.15, 0.2) is 91.0 Å². The molecular formula is C31H30. The van der Waals surface area contributed by atoms with Gasteiger partial charge >= 0.3 is 0 Å². The average Bonchev–Trinajstić information content (AvgIpc) is 2.80. The minimum Gasteiger partial charge on any atom is -0.120 e. The number of hydrogen-bond acceptors (Lipinski definition) is 0. The molecular weight excluding hydrogens is 372 g/mol. The summed E-state index contributed by atoms with van der Waals surface area (Å²) in [6.45, 7) is 0. The first-order valence-electron chi connectivity index (χ1n) is 11.7. The maximum atomic E-state index is 6.05. The first-order valence-corrected chi connectivity index (χ1v) is 11.7. The highest BCUT2D eigenvalue weighted by atomic mass is 14.7. The highest BCUT2D eigenvalue weighted by Crippen LogP contribution is 2.75. The lowest BCUT2D eigenvalue weighted by atomic mass is 9.32. The highest BCUT2D eigenvalue weighted by molar-refractivity contribution is 5.45. The molecule has 3 aromatic carbocycles. The van der Waals surface area contributed by atoms with E-state index in [1.165, 1.54) is 55.2 Å². The molecule has 0 aliphatic heterocycles. The second kappa shape index (κ2) is 6.61. The topological polar surface area (TPSA) is 0 Å². The molecule has 3 aromatic rings. The molecule has 4 bridgehead atoms. The van der Waals surface area contributed by atoms with Crippen molar-refractivity contribution in [1.29, 1.82) is 0 Å². The van der Waals surface area contributed by atoms with E-state index in [0.29, 0.717) is 0 Å². The molecule has 4 aliphatic rings. The van der Waals surface area contributed by atoms with Crippen molar-refractivity contribution in [3.63, 3.8) is 0 Å². The Kier molecular flexibility index (Phi) is 4.04. The third kappa shape index (κ3) is 2.76. The van der Waals surface area contributed by atoms with E-state index in [-0.39, 0.29) is 21.7 Å². The predicted molar refractivity (Wildman–Crippen MR) is 128 cm³/mol. The SMILES string of the molecule is C#CCC12CC3(c4ccccc4)CC(c4ccccc4)(C1)CC(c1ccccc1)(C2)C3. The molecule has 0 unspecified atom stereocenters. The molecule has 0 heterocycles. The van der Waals surface area contributed by atoms with Gasteiger partial charge < -0.3 is 0 Å². The van der Waals surface area contributed by atoms with Crippen molar-refractivity contribution in [2.75, 3.05) is 0 Å². The molecule has 31 heavy (non-hydrogen) atoms. The summed E-state index contributed by atoms with van der Waals surface area (Å²) in [5, 5.41) is 0. The Morgan fingerprint density at radius 1 is 0.516 bits per heavy atom. The van der Waals surface area contributed by atoms with Crippen molar-refractivity contribution in [1.82, 2.24) is 0 Å². The summed E-state index contributed by atoms with van der Waals surface area (Å²) in [4.78, 5) is 0. The molecule has 0 aromatic heterocycles. The highest BCUT2D eigenvalue weighted by Gasteiger charge is 2.68. The summed E-state index contributed by atoms with van der Waals surface area (Å²) in [6, 6.07) is 34.1. The first-order chi connectivity index (χ1) is 15.1. The van der Waals surface area contributed by atoms with Crippen LogP contribution in [0, 0.1) is 17.8 Å². The zero-order chi connectivity index (χ0) is 21.0. The molecule has 0 heteroatoms. The maximum Gasteiger partial charge on any atom is 0.0144 e. The molecule has 4 saturated carbocycles. The normalized spacial score (nSPS) is 35.6. The lowest BCUT2D eigenvalue weighted by Gasteiger charge is -2.71. The fraction of sp³-hybridized carbons (Fsp3) is 0.355. The summed E-state index contributed by atoms with van der Waals surface area (Å²) < 4.78 is 0. The fourth-order valence-electron chi connectivity index (χ4n) is 8.54. The van der Waals surface area contributed by atoms with Gasteiger partial charge in [-0.15, -0.1) is 12.3 Å². The van der Waals surface area contributed by atoms with E-state index in [4.69, 9.17) is 6.42 Å². The molecule has 0 saturated heterocycles. The van der Waals surface area contributed by atoms with Crippen LogP contribution in [0.3, 0.4) is 0 Å². The molecule has 0 radical (unpaired) electrons. The van der Waals surface area contributed by atoms with Gasteiger partial charge in [0.05, 0.1) is 0 Å². The van der Waals surface area contributed by atoms with Crippen LogP contribution in [-0.4, -0.2) is 0 Å². The Hall–Kier alpha value is -2.78. The van der Waals surface area contributed by atoms with Crippen molar-refractivity contribution < 1.29 is 0 Å². The molecule has 0 spiro atoms. The van der Waals surface area contributed by atoms with Gasteiger partial charge in [-0.25, -0.2) is 0 Å². The van der Waals surface area contributed by atoms with Crippen LogP contribution in [0.25, 0.3) is 0 Å². The molecule has 4 aliphatic carbocycles. The first kappa shape index (κ1) is 18.9. The quantitative estimate of drug-likeness (QED) is 0.405. The zero-order valence-corrected chi connectivity index (χ0v) is 18.2. The van der Waals surface area contributed by atoms with Gasteiger partial charge in [0, 0.05) is 6.42 Å². The largest absolute Gasteiger partial charge is 0.120 e.